The first-order valence-electron chi connectivity index (χ1n) is 5.91. The van der Waals surface area contributed by atoms with E-state index in [1.807, 2.05) is 25.1 Å². The summed E-state index contributed by atoms with van der Waals surface area (Å²) in [5.74, 6) is 0.330. The van der Waals surface area contributed by atoms with Crippen LogP contribution in [-0.2, 0) is 4.79 Å². The SMILES string of the molecule is Cc1cc(Br)cnc1NC(=O)/C=C/c1ccc(Cl)cc1. The van der Waals surface area contributed by atoms with Gasteiger partial charge in [0, 0.05) is 21.8 Å². The minimum Gasteiger partial charge on any atom is -0.307 e. The number of aryl methyl sites for hydroxylation is 1. The molecule has 0 saturated carbocycles. The van der Waals surface area contributed by atoms with Crippen molar-refractivity contribution >= 4 is 45.3 Å². The Hall–Kier alpha value is -1.65. The van der Waals surface area contributed by atoms with Gasteiger partial charge in [-0.3, -0.25) is 4.79 Å². The molecule has 3 nitrogen and oxygen atoms in total. The lowest BCUT2D eigenvalue weighted by Crippen LogP contribution is -2.10. The third-order valence-corrected chi connectivity index (χ3v) is 3.27. The van der Waals surface area contributed by atoms with Crippen LogP contribution in [0.3, 0.4) is 0 Å². The average Bonchev–Trinajstić information content (AvgIpc) is 2.41. The van der Waals surface area contributed by atoms with Gasteiger partial charge in [0.15, 0.2) is 0 Å². The van der Waals surface area contributed by atoms with Crippen LogP contribution >= 0.6 is 27.5 Å². The van der Waals surface area contributed by atoms with Gasteiger partial charge in [-0.15, -0.1) is 0 Å². The number of rotatable bonds is 3. The van der Waals surface area contributed by atoms with Crippen molar-refractivity contribution in [1.82, 2.24) is 4.98 Å². The Morgan fingerprint density at radius 1 is 1.35 bits per heavy atom. The number of aromatic nitrogens is 1. The third-order valence-electron chi connectivity index (χ3n) is 2.58. The largest absolute Gasteiger partial charge is 0.307 e. The summed E-state index contributed by atoms with van der Waals surface area (Å²) in [6, 6.07) is 9.13. The summed E-state index contributed by atoms with van der Waals surface area (Å²) in [6.07, 6.45) is 4.83. The van der Waals surface area contributed by atoms with Gasteiger partial charge in [0.05, 0.1) is 0 Å². The molecule has 1 heterocycles. The summed E-state index contributed by atoms with van der Waals surface area (Å²) in [6.45, 7) is 1.89. The topological polar surface area (TPSA) is 42.0 Å². The number of carbonyl (C=O) groups excluding carboxylic acids is 1. The summed E-state index contributed by atoms with van der Waals surface area (Å²) >= 11 is 9.13. The van der Waals surface area contributed by atoms with Crippen molar-refractivity contribution in [1.29, 1.82) is 0 Å². The summed E-state index contributed by atoms with van der Waals surface area (Å²) in [7, 11) is 0. The molecule has 0 aliphatic heterocycles. The molecule has 1 amide bonds. The predicted octanol–water partition coefficient (Wildman–Crippen LogP) is 4.46. The standard InChI is InChI=1S/C15H12BrClN2O/c1-10-8-12(16)9-18-15(10)19-14(20)7-4-11-2-5-13(17)6-3-11/h2-9H,1H3,(H,18,19,20)/b7-4+. The highest BCUT2D eigenvalue weighted by molar-refractivity contribution is 9.10. The first-order chi connectivity index (χ1) is 9.54. The molecule has 2 rings (SSSR count). The van der Waals surface area contributed by atoms with Gasteiger partial charge in [-0.2, -0.15) is 0 Å². The van der Waals surface area contributed by atoms with Crippen molar-refractivity contribution in [3.63, 3.8) is 0 Å². The van der Waals surface area contributed by atoms with E-state index in [0.29, 0.717) is 10.8 Å². The molecule has 102 valence electrons. The minimum absolute atomic E-state index is 0.224. The Morgan fingerprint density at radius 3 is 2.70 bits per heavy atom. The second-order valence-corrected chi connectivity index (χ2v) is 5.55. The van der Waals surface area contributed by atoms with Gasteiger partial charge < -0.3 is 5.32 Å². The summed E-state index contributed by atoms with van der Waals surface area (Å²) in [5.41, 5.74) is 1.80. The van der Waals surface area contributed by atoms with E-state index < -0.39 is 0 Å². The number of nitrogens with zero attached hydrogens (tertiary/aromatic N) is 1. The summed E-state index contributed by atoms with van der Waals surface area (Å²) < 4.78 is 0.879. The number of hydrogen-bond donors (Lipinski definition) is 1. The van der Waals surface area contributed by atoms with Crippen molar-refractivity contribution in [2.75, 3.05) is 5.32 Å². The minimum atomic E-state index is -0.224. The third kappa shape index (κ3) is 4.18. The van der Waals surface area contributed by atoms with E-state index in [-0.39, 0.29) is 5.91 Å². The lowest BCUT2D eigenvalue weighted by Gasteiger charge is -2.05. The van der Waals surface area contributed by atoms with Crippen LogP contribution in [0.5, 0.6) is 0 Å². The zero-order valence-electron chi connectivity index (χ0n) is 10.7. The maximum Gasteiger partial charge on any atom is 0.249 e. The quantitative estimate of drug-likeness (QED) is 0.830. The van der Waals surface area contributed by atoms with E-state index >= 15 is 0 Å². The van der Waals surface area contributed by atoms with Crippen LogP contribution < -0.4 is 5.32 Å². The zero-order chi connectivity index (χ0) is 14.5. The maximum atomic E-state index is 11.8. The van der Waals surface area contributed by atoms with Crippen molar-refractivity contribution in [2.45, 2.75) is 6.92 Å². The summed E-state index contributed by atoms with van der Waals surface area (Å²) in [4.78, 5) is 16.0. The van der Waals surface area contributed by atoms with Gasteiger partial charge in [-0.25, -0.2) is 4.98 Å². The van der Waals surface area contributed by atoms with Gasteiger partial charge >= 0.3 is 0 Å². The Morgan fingerprint density at radius 2 is 2.05 bits per heavy atom. The molecule has 0 bridgehead atoms. The Kier molecular flexibility index (Phi) is 4.93. The molecule has 1 N–H and O–H groups in total. The van der Waals surface area contributed by atoms with Crippen LogP contribution in [0.15, 0.2) is 47.1 Å². The van der Waals surface area contributed by atoms with Crippen LogP contribution in [0, 0.1) is 6.92 Å². The molecule has 1 aromatic heterocycles. The number of anilines is 1. The lowest BCUT2D eigenvalue weighted by molar-refractivity contribution is -0.111. The fourth-order valence-electron chi connectivity index (χ4n) is 1.58. The van der Waals surface area contributed by atoms with Crippen molar-refractivity contribution < 1.29 is 4.79 Å². The molecule has 0 atom stereocenters. The second-order valence-electron chi connectivity index (χ2n) is 4.19. The van der Waals surface area contributed by atoms with Gasteiger partial charge in [0.2, 0.25) is 5.91 Å². The second kappa shape index (κ2) is 6.68. The van der Waals surface area contributed by atoms with Gasteiger partial charge in [0.1, 0.15) is 5.82 Å². The molecule has 5 heteroatoms. The molecular formula is C15H12BrClN2O. The first kappa shape index (κ1) is 14.8. The monoisotopic (exact) mass is 350 g/mol. The number of carbonyl (C=O) groups is 1. The van der Waals surface area contributed by atoms with E-state index in [1.54, 1.807) is 24.4 Å². The molecule has 0 aliphatic carbocycles. The fourth-order valence-corrected chi connectivity index (χ4v) is 2.15. The predicted molar refractivity (Wildman–Crippen MR) is 85.8 cm³/mol. The van der Waals surface area contributed by atoms with Crippen LogP contribution in [0.1, 0.15) is 11.1 Å². The molecule has 1 aromatic carbocycles. The fraction of sp³-hybridized carbons (Fsp3) is 0.0667. The van der Waals surface area contributed by atoms with Crippen LogP contribution in [-0.4, -0.2) is 10.9 Å². The highest BCUT2D eigenvalue weighted by Crippen LogP contribution is 2.17. The number of benzene rings is 1. The lowest BCUT2D eigenvalue weighted by atomic mass is 10.2. The van der Waals surface area contributed by atoms with E-state index in [2.05, 4.69) is 26.2 Å². The number of pyridine rings is 1. The Balaban J connectivity index is 2.03. The Bertz CT molecular complexity index is 653. The van der Waals surface area contributed by atoms with E-state index in [0.717, 1.165) is 15.6 Å². The number of halogens is 2. The van der Waals surface area contributed by atoms with Crippen molar-refractivity contribution in [2.24, 2.45) is 0 Å². The number of nitrogens with one attached hydrogen (secondary N) is 1. The molecule has 0 spiro atoms. The summed E-state index contributed by atoms with van der Waals surface area (Å²) in [5, 5.41) is 3.40. The van der Waals surface area contributed by atoms with Crippen molar-refractivity contribution in [3.05, 3.63) is 63.2 Å². The molecule has 0 radical (unpaired) electrons. The Labute approximate surface area is 130 Å². The molecule has 0 aliphatic rings. The zero-order valence-corrected chi connectivity index (χ0v) is 13.1. The van der Waals surface area contributed by atoms with Gasteiger partial charge in [-0.05, 0) is 58.3 Å². The highest BCUT2D eigenvalue weighted by atomic mass is 79.9. The van der Waals surface area contributed by atoms with Crippen molar-refractivity contribution in [3.8, 4) is 0 Å². The average molecular weight is 352 g/mol. The molecule has 0 unspecified atom stereocenters. The first-order valence-corrected chi connectivity index (χ1v) is 7.08. The molecule has 0 saturated heterocycles. The number of amides is 1. The molecular weight excluding hydrogens is 340 g/mol. The van der Waals surface area contributed by atoms with E-state index in [9.17, 15) is 4.79 Å². The molecule has 2 aromatic rings. The van der Waals surface area contributed by atoms with Gasteiger partial charge in [-0.1, -0.05) is 23.7 Å². The van der Waals surface area contributed by atoms with Crippen LogP contribution in [0.4, 0.5) is 5.82 Å². The normalized spacial score (nSPS) is 10.8. The van der Waals surface area contributed by atoms with Crippen LogP contribution in [0.25, 0.3) is 6.08 Å². The van der Waals surface area contributed by atoms with Gasteiger partial charge in [0.25, 0.3) is 0 Å². The number of hydrogen-bond acceptors (Lipinski definition) is 2. The van der Waals surface area contributed by atoms with E-state index in [1.165, 1.54) is 6.08 Å². The van der Waals surface area contributed by atoms with Crippen LogP contribution in [0.2, 0.25) is 5.02 Å². The molecule has 20 heavy (non-hydrogen) atoms. The smallest absolute Gasteiger partial charge is 0.249 e. The van der Waals surface area contributed by atoms with E-state index in [4.69, 9.17) is 11.6 Å². The maximum absolute atomic E-state index is 11.8. The highest BCUT2D eigenvalue weighted by Gasteiger charge is 2.03. The molecule has 0 fully saturated rings.